The molecule has 1 heterocycles. The van der Waals surface area contributed by atoms with Crippen molar-refractivity contribution >= 4 is 17.7 Å². The largest absolute Gasteiger partial charge is 0.497 e. The molecule has 1 aromatic heterocycles. The number of benzene rings is 2. The van der Waals surface area contributed by atoms with Gasteiger partial charge in [0.15, 0.2) is 5.82 Å². The van der Waals surface area contributed by atoms with Crippen molar-refractivity contribution in [1.29, 1.82) is 0 Å². The number of aromatic nitrogens is 3. The maximum absolute atomic E-state index is 12.4. The topological polar surface area (TPSA) is 89.1 Å². The third-order valence-corrected chi connectivity index (χ3v) is 5.21. The second-order valence-corrected chi connectivity index (χ2v) is 7.75. The van der Waals surface area contributed by atoms with Gasteiger partial charge >= 0.3 is 0 Å². The Hall–Kier alpha value is -3.00. The molecule has 1 amide bonds. The number of hydrogen-bond donors (Lipinski definition) is 2. The van der Waals surface area contributed by atoms with Gasteiger partial charge in [0.1, 0.15) is 18.1 Å². The molecule has 0 aliphatic heterocycles. The molecule has 0 bridgehead atoms. The van der Waals surface area contributed by atoms with Crippen molar-refractivity contribution in [2.24, 2.45) is 0 Å². The number of para-hydroxylation sites is 1. The SMILES string of the molecule is COc1ccc(CNC(=O)[C@@H](C)Sc2n[nH]c(COc3ccccc3C)n2)cc1. The Kier molecular flexibility index (Phi) is 7.13. The van der Waals surface area contributed by atoms with Crippen molar-refractivity contribution in [1.82, 2.24) is 20.5 Å². The van der Waals surface area contributed by atoms with E-state index in [0.29, 0.717) is 17.5 Å². The molecule has 29 heavy (non-hydrogen) atoms. The lowest BCUT2D eigenvalue weighted by atomic mass is 10.2. The van der Waals surface area contributed by atoms with Crippen LogP contribution in [0.5, 0.6) is 11.5 Å². The molecule has 0 unspecified atom stereocenters. The molecule has 8 heteroatoms. The molecular formula is C21H24N4O3S. The smallest absolute Gasteiger partial charge is 0.233 e. The van der Waals surface area contributed by atoms with Crippen LogP contribution in [0.15, 0.2) is 53.7 Å². The summed E-state index contributed by atoms with van der Waals surface area (Å²) in [4.78, 5) is 16.7. The zero-order valence-corrected chi connectivity index (χ0v) is 17.5. The molecule has 1 atom stereocenters. The lowest BCUT2D eigenvalue weighted by Crippen LogP contribution is -2.30. The summed E-state index contributed by atoms with van der Waals surface area (Å²) in [5.41, 5.74) is 2.06. The van der Waals surface area contributed by atoms with E-state index < -0.39 is 0 Å². The Balaban J connectivity index is 1.46. The Morgan fingerprint density at radius 2 is 1.97 bits per heavy atom. The summed E-state index contributed by atoms with van der Waals surface area (Å²) >= 11 is 1.30. The summed E-state index contributed by atoms with van der Waals surface area (Å²) in [7, 11) is 1.62. The predicted molar refractivity (Wildman–Crippen MR) is 112 cm³/mol. The summed E-state index contributed by atoms with van der Waals surface area (Å²) in [6.45, 7) is 4.56. The number of carbonyl (C=O) groups is 1. The average Bonchev–Trinajstić information content (AvgIpc) is 3.19. The Bertz CT molecular complexity index is 943. The number of aryl methyl sites for hydroxylation is 1. The third-order valence-electron chi connectivity index (χ3n) is 4.25. The number of H-pyrrole nitrogens is 1. The van der Waals surface area contributed by atoms with E-state index in [1.165, 1.54) is 11.8 Å². The first kappa shape index (κ1) is 20.7. The van der Waals surface area contributed by atoms with Crippen molar-refractivity contribution in [2.75, 3.05) is 7.11 Å². The van der Waals surface area contributed by atoms with Gasteiger partial charge in [-0.2, -0.15) is 0 Å². The molecule has 2 aromatic carbocycles. The highest BCUT2D eigenvalue weighted by Crippen LogP contribution is 2.21. The van der Waals surface area contributed by atoms with Gasteiger partial charge in [-0.25, -0.2) is 4.98 Å². The second kappa shape index (κ2) is 9.97. The van der Waals surface area contributed by atoms with Crippen LogP contribution in [0.3, 0.4) is 0 Å². The minimum atomic E-state index is -0.325. The number of aromatic amines is 1. The number of hydrogen-bond acceptors (Lipinski definition) is 6. The number of thioether (sulfide) groups is 1. The summed E-state index contributed by atoms with van der Waals surface area (Å²) in [6, 6.07) is 15.4. The molecule has 0 aliphatic carbocycles. The highest BCUT2D eigenvalue weighted by molar-refractivity contribution is 8.00. The van der Waals surface area contributed by atoms with Gasteiger partial charge in [-0.1, -0.05) is 42.1 Å². The van der Waals surface area contributed by atoms with Gasteiger partial charge in [-0.3, -0.25) is 9.89 Å². The highest BCUT2D eigenvalue weighted by Gasteiger charge is 2.17. The predicted octanol–water partition coefficient (Wildman–Crippen LogP) is 3.50. The van der Waals surface area contributed by atoms with E-state index in [0.717, 1.165) is 22.6 Å². The zero-order chi connectivity index (χ0) is 20.6. The number of nitrogens with one attached hydrogen (secondary N) is 2. The number of rotatable bonds is 9. The first-order chi connectivity index (χ1) is 14.0. The lowest BCUT2D eigenvalue weighted by molar-refractivity contribution is -0.120. The van der Waals surface area contributed by atoms with Gasteiger partial charge < -0.3 is 14.8 Å². The van der Waals surface area contributed by atoms with Crippen LogP contribution in [0.2, 0.25) is 0 Å². The van der Waals surface area contributed by atoms with E-state index >= 15 is 0 Å². The minimum Gasteiger partial charge on any atom is -0.497 e. The molecule has 0 fully saturated rings. The minimum absolute atomic E-state index is 0.0756. The van der Waals surface area contributed by atoms with E-state index in [2.05, 4.69) is 20.5 Å². The molecule has 0 spiro atoms. The molecule has 2 N–H and O–H groups in total. The quantitative estimate of drug-likeness (QED) is 0.523. The number of ether oxygens (including phenoxy) is 2. The fourth-order valence-electron chi connectivity index (χ4n) is 2.55. The maximum atomic E-state index is 12.4. The van der Waals surface area contributed by atoms with E-state index in [1.807, 2.05) is 62.4 Å². The van der Waals surface area contributed by atoms with Crippen molar-refractivity contribution in [3.63, 3.8) is 0 Å². The van der Waals surface area contributed by atoms with Gasteiger partial charge in [0.05, 0.1) is 12.4 Å². The van der Waals surface area contributed by atoms with E-state index in [4.69, 9.17) is 9.47 Å². The average molecular weight is 413 g/mol. The molecule has 7 nitrogen and oxygen atoms in total. The van der Waals surface area contributed by atoms with Crippen LogP contribution in [0, 0.1) is 6.92 Å². The first-order valence-corrected chi connectivity index (χ1v) is 10.1. The number of nitrogens with zero attached hydrogens (tertiary/aromatic N) is 2. The molecule has 3 aromatic rings. The van der Waals surface area contributed by atoms with Crippen LogP contribution in [-0.2, 0) is 17.9 Å². The van der Waals surface area contributed by atoms with Gasteiger partial charge in [0.25, 0.3) is 0 Å². The first-order valence-electron chi connectivity index (χ1n) is 9.22. The molecule has 0 aliphatic rings. The Morgan fingerprint density at radius 1 is 1.21 bits per heavy atom. The van der Waals surface area contributed by atoms with Crippen molar-refractivity contribution in [3.05, 3.63) is 65.5 Å². The third kappa shape index (κ3) is 5.99. The van der Waals surface area contributed by atoms with Gasteiger partial charge in [0, 0.05) is 6.54 Å². The van der Waals surface area contributed by atoms with Gasteiger partial charge in [0.2, 0.25) is 11.1 Å². The maximum Gasteiger partial charge on any atom is 0.233 e. The normalized spacial score (nSPS) is 11.7. The van der Waals surface area contributed by atoms with E-state index in [9.17, 15) is 4.79 Å². The van der Waals surface area contributed by atoms with Crippen LogP contribution in [0.25, 0.3) is 0 Å². The van der Waals surface area contributed by atoms with Crippen LogP contribution >= 0.6 is 11.8 Å². The second-order valence-electron chi connectivity index (χ2n) is 6.44. The standard InChI is InChI=1S/C21H24N4O3S/c1-14-6-4-5-7-18(14)28-13-19-23-21(25-24-19)29-15(2)20(26)22-12-16-8-10-17(27-3)11-9-16/h4-11,15H,12-13H2,1-3H3,(H,22,26)(H,23,24,25)/t15-/m1/s1. The van der Waals surface area contributed by atoms with Crippen molar-refractivity contribution in [3.8, 4) is 11.5 Å². The number of carbonyl (C=O) groups excluding carboxylic acids is 1. The van der Waals surface area contributed by atoms with E-state index in [-0.39, 0.29) is 17.8 Å². The fraction of sp³-hybridized carbons (Fsp3) is 0.286. The molecule has 0 saturated heterocycles. The monoisotopic (exact) mass is 412 g/mol. The van der Waals surface area contributed by atoms with Crippen molar-refractivity contribution < 1.29 is 14.3 Å². The van der Waals surface area contributed by atoms with Crippen LogP contribution < -0.4 is 14.8 Å². The van der Waals surface area contributed by atoms with Crippen molar-refractivity contribution in [2.45, 2.75) is 37.4 Å². The van der Waals surface area contributed by atoms with Crippen LogP contribution in [0.1, 0.15) is 23.9 Å². The molecule has 0 radical (unpaired) electrons. The summed E-state index contributed by atoms with van der Waals surface area (Å²) in [5.74, 6) is 2.13. The van der Waals surface area contributed by atoms with Gasteiger partial charge in [-0.15, -0.1) is 5.10 Å². The molecular weight excluding hydrogens is 388 g/mol. The molecule has 3 rings (SSSR count). The lowest BCUT2D eigenvalue weighted by Gasteiger charge is -2.10. The van der Waals surface area contributed by atoms with Crippen LogP contribution in [0.4, 0.5) is 0 Å². The summed E-state index contributed by atoms with van der Waals surface area (Å²) in [5, 5.41) is 10.1. The highest BCUT2D eigenvalue weighted by atomic mass is 32.2. The number of methoxy groups -OCH3 is 1. The molecule has 0 saturated carbocycles. The Morgan fingerprint density at radius 3 is 2.69 bits per heavy atom. The van der Waals surface area contributed by atoms with Gasteiger partial charge in [-0.05, 0) is 43.2 Å². The molecule has 152 valence electrons. The van der Waals surface area contributed by atoms with Crippen LogP contribution in [-0.4, -0.2) is 33.4 Å². The summed E-state index contributed by atoms with van der Waals surface area (Å²) in [6.07, 6.45) is 0. The number of amides is 1. The van der Waals surface area contributed by atoms with E-state index in [1.54, 1.807) is 7.11 Å². The zero-order valence-electron chi connectivity index (χ0n) is 16.6. The Labute approximate surface area is 174 Å². The fourth-order valence-corrected chi connectivity index (χ4v) is 3.32. The summed E-state index contributed by atoms with van der Waals surface area (Å²) < 4.78 is 10.9.